The molecule has 4 nitrogen and oxygen atoms in total. The van der Waals surface area contributed by atoms with Gasteiger partial charge in [-0.2, -0.15) is 0 Å². The average molecular weight is 317 g/mol. The Bertz CT molecular complexity index is 472. The first-order chi connectivity index (χ1) is 11.2. The minimum atomic E-state index is -0.0789. The van der Waals surface area contributed by atoms with Crippen LogP contribution in [0.2, 0.25) is 0 Å². The second-order valence-corrected chi connectivity index (χ2v) is 6.76. The Labute approximate surface area is 140 Å². The van der Waals surface area contributed by atoms with Gasteiger partial charge in [0.05, 0.1) is 0 Å². The van der Waals surface area contributed by atoms with Crippen molar-refractivity contribution in [3.63, 3.8) is 0 Å². The third-order valence-electron chi connectivity index (χ3n) is 4.44. The molecule has 0 unspecified atom stereocenters. The Kier molecular flexibility index (Phi) is 7.40. The molecule has 0 spiro atoms. The van der Waals surface area contributed by atoms with Gasteiger partial charge in [-0.05, 0) is 42.9 Å². The number of benzene rings is 1. The van der Waals surface area contributed by atoms with Gasteiger partial charge in [-0.25, -0.2) is 4.79 Å². The molecule has 2 rings (SSSR count). The van der Waals surface area contributed by atoms with Crippen molar-refractivity contribution >= 4 is 6.03 Å². The van der Waals surface area contributed by atoms with Crippen LogP contribution in [0.25, 0.3) is 0 Å². The van der Waals surface area contributed by atoms with Crippen LogP contribution in [0.5, 0.6) is 0 Å². The van der Waals surface area contributed by atoms with Crippen molar-refractivity contribution < 1.29 is 4.79 Å². The number of likely N-dealkylation sites (tertiary alicyclic amines) is 1. The first-order valence-corrected chi connectivity index (χ1v) is 8.99. The first-order valence-electron chi connectivity index (χ1n) is 8.99. The smallest absolute Gasteiger partial charge is 0.315 e. The van der Waals surface area contributed by atoms with E-state index in [1.54, 1.807) is 0 Å². The number of rotatable bonds is 7. The summed E-state index contributed by atoms with van der Waals surface area (Å²) in [6.07, 6.45) is 4.80. The molecule has 1 heterocycles. The predicted octanol–water partition coefficient (Wildman–Crippen LogP) is 3.52. The molecule has 2 N–H and O–H groups in total. The van der Waals surface area contributed by atoms with Crippen LogP contribution in [-0.4, -0.2) is 30.6 Å². The summed E-state index contributed by atoms with van der Waals surface area (Å²) in [5.41, 5.74) is 2.50. The lowest BCUT2D eigenvalue weighted by atomic mass is 9.99. The average Bonchev–Trinajstić information content (AvgIpc) is 2.54. The number of amides is 2. The fraction of sp³-hybridized carbons (Fsp3) is 0.632. The van der Waals surface area contributed by atoms with Crippen molar-refractivity contribution in [3.8, 4) is 0 Å². The summed E-state index contributed by atoms with van der Waals surface area (Å²) in [5.74, 6) is 0.818. The van der Waals surface area contributed by atoms with Gasteiger partial charge in [-0.15, -0.1) is 0 Å². The van der Waals surface area contributed by atoms with Gasteiger partial charge >= 0.3 is 6.03 Å². The number of piperidine rings is 1. The highest BCUT2D eigenvalue weighted by atomic mass is 16.2. The van der Waals surface area contributed by atoms with Crippen molar-refractivity contribution in [2.75, 3.05) is 19.6 Å². The van der Waals surface area contributed by atoms with E-state index < -0.39 is 0 Å². The molecule has 1 aliphatic rings. The Morgan fingerprint density at radius 3 is 2.65 bits per heavy atom. The molecule has 1 fully saturated rings. The number of hydrogen-bond donors (Lipinski definition) is 2. The lowest BCUT2D eigenvalue weighted by molar-refractivity contribution is 0.176. The second-order valence-electron chi connectivity index (χ2n) is 6.76. The van der Waals surface area contributed by atoms with E-state index in [2.05, 4.69) is 53.6 Å². The Morgan fingerprint density at radius 2 is 1.96 bits per heavy atom. The Morgan fingerprint density at radius 1 is 1.22 bits per heavy atom. The molecule has 23 heavy (non-hydrogen) atoms. The molecule has 0 aliphatic carbocycles. The predicted molar refractivity (Wildman–Crippen MR) is 95.3 cm³/mol. The molecular weight excluding hydrogens is 286 g/mol. The molecule has 1 aliphatic heterocycles. The number of unbranched alkanes of at least 4 members (excludes halogenated alkanes) is 1. The van der Waals surface area contributed by atoms with Gasteiger partial charge in [0, 0.05) is 26.2 Å². The molecule has 1 aromatic rings. The van der Waals surface area contributed by atoms with E-state index in [-0.39, 0.29) is 6.03 Å². The highest BCUT2D eigenvalue weighted by Crippen LogP contribution is 2.18. The van der Waals surface area contributed by atoms with Gasteiger partial charge in [0.15, 0.2) is 0 Å². The summed E-state index contributed by atoms with van der Waals surface area (Å²) >= 11 is 0. The van der Waals surface area contributed by atoms with Crippen LogP contribution < -0.4 is 10.6 Å². The fourth-order valence-corrected chi connectivity index (χ4v) is 3.07. The molecule has 0 saturated carbocycles. The maximum atomic E-state index is 11.6. The monoisotopic (exact) mass is 317 g/mol. The van der Waals surface area contributed by atoms with Crippen molar-refractivity contribution in [2.24, 2.45) is 5.92 Å². The largest absolute Gasteiger partial charge is 0.338 e. The molecule has 1 saturated heterocycles. The molecule has 1 atom stereocenters. The lowest BCUT2D eigenvalue weighted by Crippen LogP contribution is -2.35. The number of hydrogen-bond acceptors (Lipinski definition) is 2. The van der Waals surface area contributed by atoms with Gasteiger partial charge in [0.25, 0.3) is 0 Å². The lowest BCUT2D eigenvalue weighted by Gasteiger charge is -2.30. The Hall–Kier alpha value is -1.55. The van der Waals surface area contributed by atoms with Crippen LogP contribution in [0, 0.1) is 5.92 Å². The zero-order chi connectivity index (χ0) is 16.5. The van der Waals surface area contributed by atoms with Crippen LogP contribution in [0.1, 0.15) is 50.7 Å². The third kappa shape index (κ3) is 6.61. The molecule has 128 valence electrons. The van der Waals surface area contributed by atoms with E-state index in [0.29, 0.717) is 6.54 Å². The van der Waals surface area contributed by atoms with E-state index in [1.807, 2.05) is 0 Å². The maximum Gasteiger partial charge on any atom is 0.315 e. The van der Waals surface area contributed by atoms with Crippen molar-refractivity contribution in [1.29, 1.82) is 0 Å². The van der Waals surface area contributed by atoms with E-state index in [0.717, 1.165) is 37.4 Å². The molecule has 2 amide bonds. The SMILES string of the molecule is CCCCNC(=O)NCc1ccc(CN2CCC[C@@H](C)C2)cc1. The molecular formula is C19H31N3O. The van der Waals surface area contributed by atoms with Gasteiger partial charge < -0.3 is 10.6 Å². The quantitative estimate of drug-likeness (QED) is 0.756. The van der Waals surface area contributed by atoms with Crippen LogP contribution in [0.3, 0.4) is 0 Å². The number of nitrogens with zero attached hydrogens (tertiary/aromatic N) is 1. The first kappa shape index (κ1) is 17.8. The van der Waals surface area contributed by atoms with Crippen LogP contribution >= 0.6 is 0 Å². The summed E-state index contributed by atoms with van der Waals surface area (Å²) < 4.78 is 0. The fourth-order valence-electron chi connectivity index (χ4n) is 3.07. The number of carbonyl (C=O) groups excluding carboxylic acids is 1. The van der Waals surface area contributed by atoms with Crippen molar-refractivity contribution in [3.05, 3.63) is 35.4 Å². The van der Waals surface area contributed by atoms with E-state index in [4.69, 9.17) is 0 Å². The summed E-state index contributed by atoms with van der Waals surface area (Å²) in [6, 6.07) is 8.53. The van der Waals surface area contributed by atoms with Crippen LogP contribution in [0.15, 0.2) is 24.3 Å². The second kappa shape index (κ2) is 9.56. The normalized spacial score (nSPS) is 18.6. The van der Waals surface area contributed by atoms with Crippen molar-refractivity contribution in [1.82, 2.24) is 15.5 Å². The summed E-state index contributed by atoms with van der Waals surface area (Å²) in [7, 11) is 0. The van der Waals surface area contributed by atoms with E-state index in [9.17, 15) is 4.79 Å². The highest BCUT2D eigenvalue weighted by Gasteiger charge is 2.16. The molecule has 0 aromatic heterocycles. The standard InChI is InChI=1S/C19H31N3O/c1-3-4-11-20-19(23)21-13-17-7-9-18(10-8-17)15-22-12-5-6-16(2)14-22/h7-10,16H,3-6,11-15H2,1-2H3,(H2,20,21,23)/t16-/m1/s1. The summed E-state index contributed by atoms with van der Waals surface area (Å²) in [4.78, 5) is 14.2. The molecule has 0 bridgehead atoms. The number of urea groups is 1. The van der Waals surface area contributed by atoms with Crippen LogP contribution in [-0.2, 0) is 13.1 Å². The molecule has 0 radical (unpaired) electrons. The van der Waals surface area contributed by atoms with Gasteiger partial charge in [0.2, 0.25) is 0 Å². The minimum Gasteiger partial charge on any atom is -0.338 e. The Balaban J connectivity index is 1.72. The summed E-state index contributed by atoms with van der Waals surface area (Å²) in [5, 5.41) is 5.77. The van der Waals surface area contributed by atoms with E-state index in [1.165, 1.54) is 31.5 Å². The van der Waals surface area contributed by atoms with Crippen LogP contribution in [0.4, 0.5) is 4.79 Å². The van der Waals surface area contributed by atoms with E-state index >= 15 is 0 Å². The minimum absolute atomic E-state index is 0.0789. The topological polar surface area (TPSA) is 44.4 Å². The zero-order valence-electron chi connectivity index (χ0n) is 14.6. The van der Waals surface area contributed by atoms with Gasteiger partial charge in [0.1, 0.15) is 0 Å². The highest BCUT2D eigenvalue weighted by molar-refractivity contribution is 5.73. The zero-order valence-corrected chi connectivity index (χ0v) is 14.6. The molecule has 1 aromatic carbocycles. The maximum absolute atomic E-state index is 11.6. The van der Waals surface area contributed by atoms with Gasteiger partial charge in [-0.1, -0.05) is 44.5 Å². The third-order valence-corrected chi connectivity index (χ3v) is 4.44. The summed E-state index contributed by atoms with van der Waals surface area (Å²) in [6.45, 7) is 9.25. The molecule has 4 heteroatoms. The number of carbonyl (C=O) groups is 1. The van der Waals surface area contributed by atoms with Gasteiger partial charge in [-0.3, -0.25) is 4.90 Å². The van der Waals surface area contributed by atoms with Crippen molar-refractivity contribution in [2.45, 2.75) is 52.6 Å². The number of nitrogens with one attached hydrogen (secondary N) is 2.